The Morgan fingerprint density at radius 2 is 2.19 bits per heavy atom. The molecule has 1 aromatic carbocycles. The fraction of sp³-hybridized carbons (Fsp3) is 0.312. The van der Waals surface area contributed by atoms with Gasteiger partial charge >= 0.3 is 0 Å². The zero-order valence-electron chi connectivity index (χ0n) is 12.2. The molecule has 2 rings (SSSR count). The molecule has 1 heterocycles. The Hall–Kier alpha value is -2.61. The molecule has 0 fully saturated rings. The van der Waals surface area contributed by atoms with Crippen molar-refractivity contribution in [1.29, 1.82) is 5.26 Å². The van der Waals surface area contributed by atoms with Gasteiger partial charge in [0.05, 0.1) is 12.3 Å². The lowest BCUT2D eigenvalue weighted by Gasteiger charge is -2.08. The average Bonchev–Trinajstić information content (AvgIpc) is 2.50. The quantitative estimate of drug-likeness (QED) is 0.791. The average molecular weight is 283 g/mol. The van der Waals surface area contributed by atoms with Crippen molar-refractivity contribution in [3.63, 3.8) is 0 Å². The molecule has 0 atom stereocenters. The summed E-state index contributed by atoms with van der Waals surface area (Å²) in [5.74, 6) is 0.759. The van der Waals surface area contributed by atoms with Crippen LogP contribution in [-0.2, 0) is 7.05 Å². The van der Waals surface area contributed by atoms with Gasteiger partial charge in [0, 0.05) is 12.6 Å². The minimum absolute atomic E-state index is 0.0832. The zero-order chi connectivity index (χ0) is 15.2. The van der Waals surface area contributed by atoms with E-state index < -0.39 is 5.56 Å². The van der Waals surface area contributed by atoms with Gasteiger partial charge in [0.2, 0.25) is 0 Å². The number of hydrogen-bond acceptors (Lipinski definition) is 4. The second kappa shape index (κ2) is 6.71. The molecule has 0 aliphatic carbocycles. The van der Waals surface area contributed by atoms with Gasteiger partial charge in [0.1, 0.15) is 17.4 Å². The summed E-state index contributed by atoms with van der Waals surface area (Å²) in [6.45, 7) is 2.78. The number of ether oxygens (including phenoxy) is 1. The molecule has 21 heavy (non-hydrogen) atoms. The van der Waals surface area contributed by atoms with Crippen molar-refractivity contribution in [3.05, 3.63) is 46.2 Å². The van der Waals surface area contributed by atoms with Crippen LogP contribution in [0.15, 0.2) is 35.1 Å². The number of nitriles is 1. The van der Waals surface area contributed by atoms with Gasteiger partial charge in [-0.05, 0) is 24.6 Å². The lowest BCUT2D eigenvalue weighted by atomic mass is 10.1. The molecule has 1 aromatic heterocycles. The molecule has 0 bridgehead atoms. The molecular weight excluding hydrogens is 266 g/mol. The maximum Gasteiger partial charge on any atom is 0.284 e. The smallest absolute Gasteiger partial charge is 0.284 e. The summed E-state index contributed by atoms with van der Waals surface area (Å²) in [5, 5.41) is 13.2. The summed E-state index contributed by atoms with van der Waals surface area (Å²) in [5.41, 5.74) is 1.09. The molecule has 5 heteroatoms. The zero-order valence-corrected chi connectivity index (χ0v) is 12.2. The second-order valence-electron chi connectivity index (χ2n) is 4.71. The maximum atomic E-state index is 11.7. The summed E-state index contributed by atoms with van der Waals surface area (Å²) in [7, 11) is 1.54. The van der Waals surface area contributed by atoms with Crippen molar-refractivity contribution in [2.75, 3.05) is 6.61 Å². The van der Waals surface area contributed by atoms with Crippen molar-refractivity contribution in [3.8, 4) is 23.1 Å². The first-order valence-electron chi connectivity index (χ1n) is 6.87. The molecule has 0 radical (unpaired) electrons. The van der Waals surface area contributed by atoms with Gasteiger partial charge < -0.3 is 4.74 Å². The fourth-order valence-corrected chi connectivity index (χ4v) is 1.91. The topological polar surface area (TPSA) is 67.9 Å². The SMILES string of the molecule is CCCCOc1cccc(-c2cc(C#N)c(=O)n(C)n2)c1. The number of unbranched alkanes of at least 4 members (excludes halogenated alkanes) is 1. The highest BCUT2D eigenvalue weighted by Gasteiger charge is 2.08. The highest BCUT2D eigenvalue weighted by molar-refractivity contribution is 5.62. The predicted octanol–water partition coefficient (Wildman–Crippen LogP) is 2.50. The van der Waals surface area contributed by atoms with Crippen LogP contribution in [0.1, 0.15) is 25.3 Å². The molecule has 2 aromatic rings. The first-order valence-corrected chi connectivity index (χ1v) is 6.87. The van der Waals surface area contributed by atoms with Crippen LogP contribution in [0.25, 0.3) is 11.3 Å². The van der Waals surface area contributed by atoms with Crippen molar-refractivity contribution in [2.24, 2.45) is 7.05 Å². The van der Waals surface area contributed by atoms with Crippen LogP contribution in [0.5, 0.6) is 5.75 Å². The number of aromatic nitrogens is 2. The summed E-state index contributed by atoms with van der Waals surface area (Å²) in [6.07, 6.45) is 2.08. The standard InChI is InChI=1S/C16H17N3O2/c1-3-4-8-21-14-7-5-6-12(9-14)15-10-13(11-17)16(20)19(2)18-15/h5-7,9-10H,3-4,8H2,1-2H3. The Kier molecular flexibility index (Phi) is 4.72. The Morgan fingerprint density at radius 3 is 2.90 bits per heavy atom. The van der Waals surface area contributed by atoms with Gasteiger partial charge in [-0.1, -0.05) is 25.5 Å². The minimum atomic E-state index is -0.392. The molecule has 0 N–H and O–H groups in total. The van der Waals surface area contributed by atoms with E-state index in [1.165, 1.54) is 17.8 Å². The molecule has 0 unspecified atom stereocenters. The van der Waals surface area contributed by atoms with Gasteiger partial charge in [-0.2, -0.15) is 10.4 Å². The molecule has 0 saturated heterocycles. The van der Waals surface area contributed by atoms with Crippen molar-refractivity contribution in [1.82, 2.24) is 9.78 Å². The highest BCUT2D eigenvalue weighted by atomic mass is 16.5. The van der Waals surface area contributed by atoms with Gasteiger partial charge in [0.25, 0.3) is 5.56 Å². The Labute approximate surface area is 123 Å². The van der Waals surface area contributed by atoms with E-state index in [1.807, 2.05) is 30.3 Å². The Balaban J connectivity index is 2.34. The predicted molar refractivity (Wildman–Crippen MR) is 80.0 cm³/mol. The Bertz CT molecular complexity index is 729. The summed E-state index contributed by atoms with van der Waals surface area (Å²) in [4.78, 5) is 11.7. The monoisotopic (exact) mass is 283 g/mol. The number of hydrogen-bond donors (Lipinski definition) is 0. The van der Waals surface area contributed by atoms with Crippen LogP contribution in [0.4, 0.5) is 0 Å². The van der Waals surface area contributed by atoms with Crippen molar-refractivity contribution < 1.29 is 4.74 Å². The second-order valence-corrected chi connectivity index (χ2v) is 4.71. The van der Waals surface area contributed by atoms with E-state index in [2.05, 4.69) is 12.0 Å². The molecule has 0 saturated carbocycles. The summed E-state index contributed by atoms with van der Waals surface area (Å²) < 4.78 is 6.84. The molecule has 5 nitrogen and oxygen atoms in total. The first kappa shape index (κ1) is 14.8. The van der Waals surface area contributed by atoms with Crippen LogP contribution in [-0.4, -0.2) is 16.4 Å². The van der Waals surface area contributed by atoms with Crippen LogP contribution < -0.4 is 10.3 Å². The van der Waals surface area contributed by atoms with Crippen LogP contribution >= 0.6 is 0 Å². The molecule has 0 spiro atoms. The fourth-order valence-electron chi connectivity index (χ4n) is 1.91. The van der Waals surface area contributed by atoms with Crippen LogP contribution in [0.2, 0.25) is 0 Å². The van der Waals surface area contributed by atoms with Gasteiger partial charge in [-0.25, -0.2) is 4.68 Å². The van der Waals surface area contributed by atoms with E-state index in [4.69, 9.17) is 10.00 Å². The van der Waals surface area contributed by atoms with E-state index in [0.29, 0.717) is 12.3 Å². The number of aryl methyl sites for hydroxylation is 1. The molecule has 108 valence electrons. The van der Waals surface area contributed by atoms with Gasteiger partial charge in [-0.15, -0.1) is 0 Å². The Morgan fingerprint density at radius 1 is 1.38 bits per heavy atom. The maximum absolute atomic E-state index is 11.7. The van der Waals surface area contributed by atoms with Gasteiger partial charge in [0.15, 0.2) is 0 Å². The largest absolute Gasteiger partial charge is 0.494 e. The number of benzene rings is 1. The number of rotatable bonds is 5. The lowest BCUT2D eigenvalue weighted by Crippen LogP contribution is -2.22. The van der Waals surface area contributed by atoms with Crippen LogP contribution in [0.3, 0.4) is 0 Å². The molecule has 0 aliphatic rings. The van der Waals surface area contributed by atoms with E-state index >= 15 is 0 Å². The third-order valence-electron chi connectivity index (χ3n) is 3.08. The molecule has 0 amide bonds. The lowest BCUT2D eigenvalue weighted by molar-refractivity contribution is 0.309. The van der Waals surface area contributed by atoms with Crippen LogP contribution in [0, 0.1) is 11.3 Å². The minimum Gasteiger partial charge on any atom is -0.494 e. The van der Waals surface area contributed by atoms with E-state index in [1.54, 1.807) is 0 Å². The molecule has 0 aliphatic heterocycles. The first-order chi connectivity index (χ1) is 10.2. The van der Waals surface area contributed by atoms with Gasteiger partial charge in [-0.3, -0.25) is 4.79 Å². The van der Waals surface area contributed by atoms with Crippen molar-refractivity contribution in [2.45, 2.75) is 19.8 Å². The third kappa shape index (κ3) is 3.48. The van der Waals surface area contributed by atoms with Crippen molar-refractivity contribution >= 4 is 0 Å². The third-order valence-corrected chi connectivity index (χ3v) is 3.08. The van der Waals surface area contributed by atoms with E-state index in [9.17, 15) is 4.79 Å². The number of nitrogens with zero attached hydrogens (tertiary/aromatic N) is 3. The van der Waals surface area contributed by atoms with E-state index in [0.717, 1.165) is 24.2 Å². The highest BCUT2D eigenvalue weighted by Crippen LogP contribution is 2.22. The van der Waals surface area contributed by atoms with E-state index in [-0.39, 0.29) is 5.56 Å². The normalized spacial score (nSPS) is 10.1. The summed E-state index contributed by atoms with van der Waals surface area (Å²) in [6, 6.07) is 10.9. The molecular formula is C16H17N3O2. The summed E-state index contributed by atoms with van der Waals surface area (Å²) >= 11 is 0.